The van der Waals surface area contributed by atoms with Crippen molar-refractivity contribution in [1.29, 1.82) is 0 Å². The topological polar surface area (TPSA) is 35.1 Å². The van der Waals surface area contributed by atoms with E-state index in [-0.39, 0.29) is 10.8 Å². The Balaban J connectivity index is 2.02. The standard InChI is InChI=1S/C15H23NOS2/c1-11(16-19(17)15(2,3)4)14-10-18-9-13(14)8-7-12-5-6-12/h7-12,16H,5-6H2,1-4H3/b8-7+/t11-,19?/m0/s1. The number of thiophene rings is 1. The van der Waals surface area contributed by atoms with Crippen LogP contribution in [0, 0.1) is 5.92 Å². The van der Waals surface area contributed by atoms with Crippen LogP contribution in [0.3, 0.4) is 0 Å². The molecule has 0 radical (unpaired) electrons. The summed E-state index contributed by atoms with van der Waals surface area (Å²) in [5.41, 5.74) is 2.52. The molecule has 0 amide bonds. The molecule has 4 heteroatoms. The van der Waals surface area contributed by atoms with E-state index in [1.54, 1.807) is 11.3 Å². The predicted molar refractivity (Wildman–Crippen MR) is 85.5 cm³/mol. The Morgan fingerprint density at radius 1 is 1.42 bits per heavy atom. The molecule has 1 saturated carbocycles. The van der Waals surface area contributed by atoms with E-state index in [0.717, 1.165) is 5.92 Å². The number of hydrogen-bond acceptors (Lipinski definition) is 3. The van der Waals surface area contributed by atoms with Gasteiger partial charge >= 0.3 is 0 Å². The number of rotatable bonds is 5. The maximum atomic E-state index is 12.1. The maximum absolute atomic E-state index is 12.1. The second kappa shape index (κ2) is 6.00. The highest BCUT2D eigenvalue weighted by Gasteiger charge is 2.29. The van der Waals surface area contributed by atoms with Gasteiger partial charge in [-0.1, -0.05) is 12.2 Å². The first-order valence-corrected chi connectivity index (χ1v) is 8.89. The second-order valence-corrected chi connectivity index (χ2v) is 8.94. The van der Waals surface area contributed by atoms with Crippen molar-refractivity contribution in [3.8, 4) is 0 Å². The highest BCUT2D eigenvalue weighted by Crippen LogP contribution is 2.32. The van der Waals surface area contributed by atoms with Crippen LogP contribution in [0.15, 0.2) is 16.8 Å². The van der Waals surface area contributed by atoms with Crippen LogP contribution >= 0.6 is 11.3 Å². The van der Waals surface area contributed by atoms with E-state index >= 15 is 0 Å². The second-order valence-electron chi connectivity index (χ2n) is 6.20. The SMILES string of the molecule is C[C@H](N[S+]([O-])C(C)(C)C)c1cscc1/C=C/C1CC1. The first-order chi connectivity index (χ1) is 8.88. The Kier molecular flexibility index (Phi) is 4.77. The van der Waals surface area contributed by atoms with Gasteiger partial charge in [-0.15, -0.1) is 4.72 Å². The van der Waals surface area contributed by atoms with Crippen molar-refractivity contribution in [2.45, 2.75) is 51.3 Å². The van der Waals surface area contributed by atoms with Crippen LogP contribution in [0.25, 0.3) is 6.08 Å². The van der Waals surface area contributed by atoms with E-state index in [9.17, 15) is 4.55 Å². The molecule has 1 heterocycles. The van der Waals surface area contributed by atoms with Crippen LogP contribution in [0.5, 0.6) is 0 Å². The Labute approximate surface area is 123 Å². The zero-order valence-electron chi connectivity index (χ0n) is 12.1. The van der Waals surface area contributed by atoms with Gasteiger partial charge in [-0.3, -0.25) is 0 Å². The lowest BCUT2D eigenvalue weighted by Crippen LogP contribution is -2.40. The molecule has 0 saturated heterocycles. The lowest BCUT2D eigenvalue weighted by atomic mass is 10.1. The van der Waals surface area contributed by atoms with Crippen molar-refractivity contribution in [3.05, 3.63) is 28.0 Å². The molecule has 1 aliphatic carbocycles. The largest absolute Gasteiger partial charge is 0.598 e. The van der Waals surface area contributed by atoms with Gasteiger partial charge in [-0.25, -0.2) is 0 Å². The number of hydrogen-bond donors (Lipinski definition) is 1. The molecule has 2 rings (SSSR count). The van der Waals surface area contributed by atoms with E-state index in [2.05, 4.69) is 34.6 Å². The summed E-state index contributed by atoms with van der Waals surface area (Å²) in [6.07, 6.45) is 7.19. The Morgan fingerprint density at radius 2 is 2.11 bits per heavy atom. The molecule has 0 aromatic carbocycles. The van der Waals surface area contributed by atoms with E-state index in [4.69, 9.17) is 0 Å². The van der Waals surface area contributed by atoms with Gasteiger partial charge in [0, 0.05) is 11.4 Å². The molecule has 19 heavy (non-hydrogen) atoms. The monoisotopic (exact) mass is 297 g/mol. The maximum Gasteiger partial charge on any atom is 0.136 e. The normalized spacial score (nSPS) is 19.8. The van der Waals surface area contributed by atoms with Crippen molar-refractivity contribution >= 4 is 28.8 Å². The zero-order valence-corrected chi connectivity index (χ0v) is 13.7. The fourth-order valence-electron chi connectivity index (χ4n) is 1.73. The summed E-state index contributed by atoms with van der Waals surface area (Å²) >= 11 is 0.681. The van der Waals surface area contributed by atoms with Crippen LogP contribution < -0.4 is 4.72 Å². The lowest BCUT2D eigenvalue weighted by Gasteiger charge is -2.26. The molecular formula is C15H23NOS2. The quantitative estimate of drug-likeness (QED) is 0.823. The van der Waals surface area contributed by atoms with Gasteiger partial charge in [0.05, 0.1) is 6.04 Å². The van der Waals surface area contributed by atoms with E-state index < -0.39 is 11.4 Å². The van der Waals surface area contributed by atoms with Crippen molar-refractivity contribution < 1.29 is 4.55 Å². The van der Waals surface area contributed by atoms with Crippen molar-refractivity contribution in [3.63, 3.8) is 0 Å². The Bertz CT molecular complexity index is 443. The summed E-state index contributed by atoms with van der Waals surface area (Å²) in [6.45, 7) is 8.05. The molecule has 2 nitrogen and oxygen atoms in total. The number of nitrogens with one attached hydrogen (secondary N) is 1. The average Bonchev–Trinajstić information content (AvgIpc) is 3.02. The van der Waals surface area contributed by atoms with Gasteiger partial charge in [0.15, 0.2) is 0 Å². The van der Waals surface area contributed by atoms with Crippen LogP contribution in [0.1, 0.15) is 57.7 Å². The van der Waals surface area contributed by atoms with Crippen LogP contribution in [-0.4, -0.2) is 9.30 Å². The van der Waals surface area contributed by atoms with Gasteiger partial charge < -0.3 is 4.55 Å². The highest BCUT2D eigenvalue weighted by molar-refractivity contribution is 7.90. The minimum Gasteiger partial charge on any atom is -0.598 e. The first kappa shape index (κ1) is 15.1. The third-order valence-electron chi connectivity index (χ3n) is 3.20. The minimum atomic E-state index is -1.03. The van der Waals surface area contributed by atoms with Crippen LogP contribution in [-0.2, 0) is 11.4 Å². The Hall–Kier alpha value is -0.290. The zero-order chi connectivity index (χ0) is 14.0. The summed E-state index contributed by atoms with van der Waals surface area (Å²) < 4.78 is 15.1. The van der Waals surface area contributed by atoms with Crippen LogP contribution in [0.4, 0.5) is 0 Å². The predicted octanol–water partition coefficient (Wildman–Crippen LogP) is 4.28. The molecule has 106 valence electrons. The van der Waals surface area contributed by atoms with Gasteiger partial charge in [0.1, 0.15) is 4.75 Å². The molecule has 1 N–H and O–H groups in total. The fourth-order valence-corrected chi connectivity index (χ4v) is 3.45. The highest BCUT2D eigenvalue weighted by atomic mass is 32.2. The fraction of sp³-hybridized carbons (Fsp3) is 0.600. The first-order valence-electron chi connectivity index (χ1n) is 6.80. The summed E-state index contributed by atoms with van der Waals surface area (Å²) in [4.78, 5) is 0. The third-order valence-corrected chi connectivity index (χ3v) is 5.66. The molecule has 1 aromatic heterocycles. The lowest BCUT2D eigenvalue weighted by molar-refractivity contribution is 0.531. The summed E-state index contributed by atoms with van der Waals surface area (Å²) in [7, 11) is 0. The smallest absolute Gasteiger partial charge is 0.136 e. The average molecular weight is 297 g/mol. The van der Waals surface area contributed by atoms with Gasteiger partial charge in [-0.2, -0.15) is 11.3 Å². The molecular weight excluding hydrogens is 274 g/mol. The van der Waals surface area contributed by atoms with Crippen LogP contribution in [0.2, 0.25) is 0 Å². The molecule has 0 aliphatic heterocycles. The van der Waals surface area contributed by atoms with E-state index in [1.807, 2.05) is 20.8 Å². The molecule has 2 atom stereocenters. The molecule has 1 fully saturated rings. The molecule has 1 aromatic rings. The Morgan fingerprint density at radius 3 is 2.68 bits per heavy atom. The van der Waals surface area contributed by atoms with Gasteiger partial charge in [-0.05, 0) is 68.3 Å². The molecule has 0 bridgehead atoms. The molecule has 1 unspecified atom stereocenters. The summed E-state index contributed by atoms with van der Waals surface area (Å²) in [5.74, 6) is 0.791. The van der Waals surface area contributed by atoms with Gasteiger partial charge in [0.2, 0.25) is 0 Å². The van der Waals surface area contributed by atoms with Crippen molar-refractivity contribution in [1.82, 2.24) is 4.72 Å². The summed E-state index contributed by atoms with van der Waals surface area (Å²) in [5, 5.41) is 4.33. The van der Waals surface area contributed by atoms with E-state index in [0.29, 0.717) is 0 Å². The minimum absolute atomic E-state index is 0.116. The number of allylic oxidation sites excluding steroid dienone is 1. The van der Waals surface area contributed by atoms with Crippen molar-refractivity contribution in [2.24, 2.45) is 5.92 Å². The molecule has 1 aliphatic rings. The van der Waals surface area contributed by atoms with Gasteiger partial charge in [0.25, 0.3) is 0 Å². The van der Waals surface area contributed by atoms with Crippen molar-refractivity contribution in [2.75, 3.05) is 0 Å². The summed E-state index contributed by atoms with van der Waals surface area (Å²) in [6, 6.07) is 0.116. The van der Waals surface area contributed by atoms with E-state index in [1.165, 1.54) is 24.0 Å². The third kappa shape index (κ3) is 4.35. The molecule has 0 spiro atoms.